The zero-order chi connectivity index (χ0) is 46.0. The van der Waals surface area contributed by atoms with Crippen molar-refractivity contribution in [2.45, 2.75) is 13.5 Å². The second kappa shape index (κ2) is 20.3. The molecule has 18 heteroatoms. The van der Waals surface area contributed by atoms with Crippen molar-refractivity contribution < 1.29 is 56.5 Å². The molecule has 1 aliphatic heterocycles. The number of esters is 2. The Bertz CT molecular complexity index is 2950. The first-order valence-electron chi connectivity index (χ1n) is 19.4. The number of azo groups is 1. The smallest absolute Gasteiger partial charge is 0.412 e. The molecule has 5 aromatic carbocycles. The van der Waals surface area contributed by atoms with Gasteiger partial charge in [-0.25, -0.2) is 28.5 Å². The van der Waals surface area contributed by atoms with Crippen molar-refractivity contribution in [3.05, 3.63) is 172 Å². The minimum atomic E-state index is -1.12. The summed E-state index contributed by atoms with van der Waals surface area (Å²) in [5.74, 6) is -3.91. The van der Waals surface area contributed by atoms with E-state index in [1.165, 1.54) is 61.5 Å². The van der Waals surface area contributed by atoms with E-state index in [-0.39, 0.29) is 58.3 Å². The molecule has 1 aromatic heterocycles. The molecule has 328 valence electrons. The van der Waals surface area contributed by atoms with E-state index in [1.54, 1.807) is 24.3 Å². The van der Waals surface area contributed by atoms with Crippen LogP contribution in [0.25, 0.3) is 16.0 Å². The molecule has 0 atom stereocenters. The van der Waals surface area contributed by atoms with Gasteiger partial charge in [-0.1, -0.05) is 42.4 Å². The largest absolute Gasteiger partial charge is 0.471 e. The number of fused-ring (bicyclic) bond motifs is 1. The van der Waals surface area contributed by atoms with E-state index in [0.29, 0.717) is 23.0 Å². The highest BCUT2D eigenvalue weighted by molar-refractivity contribution is 6.48. The molecular weight excluding hydrogens is 867 g/mol. The van der Waals surface area contributed by atoms with Crippen LogP contribution in [0.2, 0.25) is 0 Å². The van der Waals surface area contributed by atoms with Crippen molar-refractivity contribution in [2.24, 2.45) is 10.2 Å². The van der Waals surface area contributed by atoms with E-state index in [4.69, 9.17) is 39.7 Å². The number of benzene rings is 5. The SMILES string of the molecule is C=C(Cl)c1ccc(COCCNC(=O)Oc2ccc(N=Nc3ccc(OC(=O)c4ccc(C(=O)Oc5ccc6c(OCN7C(=O)C=C(C)C7=O)cc(=O)oc6c5)c(F)c4)cc3)cc2)cc1. The standard InChI is InChI=1S/C47H34ClFN4O12/c1-27-21-42(54)53(44(27)56)26-61-40-24-43(55)65-41-23-36(16-18-38(40)41)63-46(58)37-17-7-31(22-39(37)49)45(57)62-34-12-8-32(9-13-34)51-52-33-10-14-35(15-11-33)64-47(59)50-19-20-60-25-29-3-5-30(6-4-29)28(2)48/h3-18,21-24H,2,19-20,25-26H2,1H3,(H,50,59). The zero-order valence-electron chi connectivity index (χ0n) is 34.1. The number of hydrogen-bond donors (Lipinski definition) is 1. The molecule has 6 aromatic rings. The summed E-state index contributed by atoms with van der Waals surface area (Å²) in [7, 11) is 0. The third kappa shape index (κ3) is 11.6. The maximum absolute atomic E-state index is 15.1. The fourth-order valence-electron chi connectivity index (χ4n) is 5.94. The van der Waals surface area contributed by atoms with Crippen molar-refractivity contribution in [3.8, 4) is 23.0 Å². The molecule has 0 saturated heterocycles. The molecule has 1 N–H and O–H groups in total. The van der Waals surface area contributed by atoms with Crippen LogP contribution in [-0.4, -0.2) is 54.6 Å². The highest BCUT2D eigenvalue weighted by Gasteiger charge is 2.29. The third-order valence-corrected chi connectivity index (χ3v) is 9.50. The molecule has 16 nitrogen and oxygen atoms in total. The maximum atomic E-state index is 15.1. The summed E-state index contributed by atoms with van der Waals surface area (Å²) in [4.78, 5) is 75.3. The van der Waals surface area contributed by atoms with Crippen molar-refractivity contribution >= 4 is 68.8 Å². The Morgan fingerprint density at radius 3 is 2.03 bits per heavy atom. The summed E-state index contributed by atoms with van der Waals surface area (Å²) in [6.07, 6.45) is 0.516. The van der Waals surface area contributed by atoms with Gasteiger partial charge in [0.15, 0.2) is 6.73 Å². The van der Waals surface area contributed by atoms with Crippen LogP contribution in [-0.2, 0) is 20.9 Å². The van der Waals surface area contributed by atoms with Crippen molar-refractivity contribution in [1.82, 2.24) is 10.2 Å². The molecule has 7 rings (SSSR count). The molecule has 0 aliphatic carbocycles. The lowest BCUT2D eigenvalue weighted by molar-refractivity contribution is -0.140. The van der Waals surface area contributed by atoms with Crippen LogP contribution in [0.15, 0.2) is 153 Å². The highest BCUT2D eigenvalue weighted by atomic mass is 35.5. The molecular formula is C47H34ClFN4O12. The van der Waals surface area contributed by atoms with Crippen molar-refractivity contribution in [2.75, 3.05) is 19.9 Å². The molecule has 2 heterocycles. The first kappa shape index (κ1) is 44.8. The number of halogens is 2. The number of amides is 3. The van der Waals surface area contributed by atoms with Gasteiger partial charge in [0.1, 0.15) is 34.4 Å². The molecule has 0 unspecified atom stereocenters. The van der Waals surface area contributed by atoms with Gasteiger partial charge in [-0.05, 0) is 96.9 Å². The topological polar surface area (TPSA) is 202 Å². The van der Waals surface area contributed by atoms with Gasteiger partial charge in [0.25, 0.3) is 11.8 Å². The number of nitrogens with one attached hydrogen (secondary N) is 1. The minimum absolute atomic E-state index is 0.00138. The predicted octanol–water partition coefficient (Wildman–Crippen LogP) is 8.95. The quantitative estimate of drug-likeness (QED) is 0.0242. The number of carbonyl (C=O) groups excluding carboxylic acids is 5. The Kier molecular flexibility index (Phi) is 14.0. The van der Waals surface area contributed by atoms with E-state index in [2.05, 4.69) is 22.1 Å². The molecule has 3 amide bonds. The molecule has 0 bridgehead atoms. The van der Waals surface area contributed by atoms with E-state index in [0.717, 1.165) is 34.2 Å². The normalized spacial score (nSPS) is 12.3. The summed E-state index contributed by atoms with van der Waals surface area (Å²) in [6, 6.07) is 27.8. The molecule has 0 fully saturated rings. The van der Waals surface area contributed by atoms with E-state index in [1.807, 2.05) is 24.3 Å². The van der Waals surface area contributed by atoms with Crippen molar-refractivity contribution in [3.63, 3.8) is 0 Å². The van der Waals surface area contributed by atoms with Crippen LogP contribution < -0.4 is 29.9 Å². The first-order valence-corrected chi connectivity index (χ1v) is 19.8. The van der Waals surface area contributed by atoms with Crippen LogP contribution >= 0.6 is 11.6 Å². The van der Waals surface area contributed by atoms with Crippen LogP contribution in [0.1, 0.15) is 38.8 Å². The summed E-state index contributed by atoms with van der Waals surface area (Å²) < 4.78 is 47.5. The van der Waals surface area contributed by atoms with Crippen LogP contribution in [0.4, 0.5) is 20.6 Å². The lowest BCUT2D eigenvalue weighted by Gasteiger charge is -2.16. The highest BCUT2D eigenvalue weighted by Crippen LogP contribution is 2.29. The van der Waals surface area contributed by atoms with Gasteiger partial charge in [0, 0.05) is 29.3 Å². The second-order valence-corrected chi connectivity index (χ2v) is 14.3. The predicted molar refractivity (Wildman–Crippen MR) is 232 cm³/mol. The summed E-state index contributed by atoms with van der Waals surface area (Å²) in [5, 5.41) is 11.6. The summed E-state index contributed by atoms with van der Waals surface area (Å²) in [5.41, 5.74) is 1.31. The summed E-state index contributed by atoms with van der Waals surface area (Å²) in [6.45, 7) is 5.58. The Morgan fingerprint density at radius 2 is 1.40 bits per heavy atom. The zero-order valence-corrected chi connectivity index (χ0v) is 34.8. The summed E-state index contributed by atoms with van der Waals surface area (Å²) >= 11 is 5.89. The lowest BCUT2D eigenvalue weighted by Crippen LogP contribution is -2.34. The van der Waals surface area contributed by atoms with Gasteiger partial charge >= 0.3 is 23.7 Å². The average molecular weight is 901 g/mol. The number of ether oxygens (including phenoxy) is 5. The molecule has 0 radical (unpaired) electrons. The van der Waals surface area contributed by atoms with Gasteiger partial charge in [-0.15, -0.1) is 0 Å². The number of nitrogens with zero attached hydrogens (tertiary/aromatic N) is 3. The van der Waals surface area contributed by atoms with Gasteiger partial charge < -0.3 is 33.4 Å². The number of imide groups is 1. The van der Waals surface area contributed by atoms with Gasteiger partial charge in [-0.3, -0.25) is 9.59 Å². The Balaban J connectivity index is 0.857. The second-order valence-electron chi connectivity index (χ2n) is 13.9. The third-order valence-electron chi connectivity index (χ3n) is 9.28. The fraction of sp³-hybridized carbons (Fsp3) is 0.106. The van der Waals surface area contributed by atoms with E-state index < -0.39 is 53.6 Å². The molecule has 65 heavy (non-hydrogen) atoms. The van der Waals surface area contributed by atoms with Gasteiger partial charge in [0.05, 0.1) is 47.2 Å². The monoisotopic (exact) mass is 900 g/mol. The minimum Gasteiger partial charge on any atom is -0.471 e. The van der Waals surface area contributed by atoms with Crippen LogP contribution in [0, 0.1) is 5.82 Å². The molecule has 1 aliphatic rings. The van der Waals surface area contributed by atoms with E-state index in [9.17, 15) is 28.8 Å². The Labute approximate surface area is 373 Å². The number of rotatable bonds is 16. The molecule has 0 spiro atoms. The molecule has 0 saturated carbocycles. The Hall–Kier alpha value is -8.28. The van der Waals surface area contributed by atoms with E-state index >= 15 is 4.39 Å². The van der Waals surface area contributed by atoms with Crippen molar-refractivity contribution in [1.29, 1.82) is 0 Å². The van der Waals surface area contributed by atoms with Gasteiger partial charge in [0.2, 0.25) is 0 Å². The lowest BCUT2D eigenvalue weighted by atomic mass is 10.1. The first-order chi connectivity index (χ1) is 31.3. The fourth-order valence-corrected chi connectivity index (χ4v) is 6.07. The Morgan fingerprint density at radius 1 is 0.769 bits per heavy atom. The number of hydrogen-bond acceptors (Lipinski definition) is 14. The van der Waals surface area contributed by atoms with Crippen LogP contribution in [0.3, 0.4) is 0 Å². The maximum Gasteiger partial charge on any atom is 0.412 e. The number of carbonyl (C=O) groups is 5. The average Bonchev–Trinajstić information content (AvgIpc) is 3.53. The van der Waals surface area contributed by atoms with Gasteiger partial charge in [-0.2, -0.15) is 10.2 Å². The van der Waals surface area contributed by atoms with Crippen LogP contribution in [0.5, 0.6) is 23.0 Å².